The third kappa shape index (κ3) is 3.04. The monoisotopic (exact) mass is 358 g/mol. The van der Waals surface area contributed by atoms with Crippen LogP contribution in [0.4, 0.5) is 0 Å². The minimum Gasteiger partial charge on any atom is -0.396 e. The van der Waals surface area contributed by atoms with Crippen LogP contribution in [0.15, 0.2) is 20.8 Å². The van der Waals surface area contributed by atoms with Crippen LogP contribution in [0.3, 0.4) is 0 Å². The predicted octanol–water partition coefficient (Wildman–Crippen LogP) is 0.843. The second-order valence-electron chi connectivity index (χ2n) is 5.34. The molecule has 6 nitrogen and oxygen atoms in total. The van der Waals surface area contributed by atoms with Gasteiger partial charge in [0.15, 0.2) is 0 Å². The quantitative estimate of drug-likeness (QED) is 0.726. The number of aromatic amines is 1. The fourth-order valence-electron chi connectivity index (χ4n) is 3.01. The summed E-state index contributed by atoms with van der Waals surface area (Å²) in [5, 5.41) is 19.5. The fraction of sp³-hybridized carbons (Fsp3) is 0.571. The van der Waals surface area contributed by atoms with Crippen molar-refractivity contribution in [2.75, 3.05) is 6.61 Å². The number of hydrogen-bond donors (Lipinski definition) is 3. The molecule has 0 saturated heterocycles. The third-order valence-corrected chi connectivity index (χ3v) is 4.49. The van der Waals surface area contributed by atoms with Gasteiger partial charge < -0.3 is 10.2 Å². The van der Waals surface area contributed by atoms with Crippen LogP contribution in [0.2, 0.25) is 0 Å². The smallest absolute Gasteiger partial charge is 0.328 e. The second-order valence-corrected chi connectivity index (χ2v) is 5.87. The minimum atomic E-state index is -0.574. The van der Waals surface area contributed by atoms with Crippen LogP contribution in [-0.2, 0) is 0 Å². The molecular weight excluding hydrogens is 340 g/mol. The van der Waals surface area contributed by atoms with Gasteiger partial charge >= 0.3 is 5.69 Å². The summed E-state index contributed by atoms with van der Waals surface area (Å²) in [5.41, 5.74) is -0.567. The summed E-state index contributed by atoms with van der Waals surface area (Å²) in [6.07, 6.45) is 3.66. The standard InChI is InChI=1S/C14H19BrN2O4/c1-2-11(19)12-9(7-18)5-10(12)17-6-8(3-4-15)13(20)16-14(17)21/h3-4,6,9-12,18-19H,2,5,7H2,1H3,(H,16,20,21). The van der Waals surface area contributed by atoms with E-state index in [2.05, 4.69) is 20.9 Å². The first kappa shape index (κ1) is 16.2. The van der Waals surface area contributed by atoms with Gasteiger partial charge in [-0.1, -0.05) is 22.9 Å². The lowest BCUT2D eigenvalue weighted by Gasteiger charge is -2.47. The Morgan fingerprint density at radius 2 is 2.29 bits per heavy atom. The summed E-state index contributed by atoms with van der Waals surface area (Å²) < 4.78 is 1.46. The maximum absolute atomic E-state index is 12.0. The topological polar surface area (TPSA) is 95.3 Å². The maximum atomic E-state index is 12.0. The van der Waals surface area contributed by atoms with Crippen LogP contribution >= 0.6 is 15.9 Å². The van der Waals surface area contributed by atoms with Crippen LogP contribution in [0, 0.1) is 11.8 Å². The van der Waals surface area contributed by atoms with E-state index in [1.54, 1.807) is 11.1 Å². The molecule has 4 unspecified atom stereocenters. The van der Waals surface area contributed by atoms with Crippen molar-refractivity contribution in [2.45, 2.75) is 31.9 Å². The Hall–Kier alpha value is -1.18. The molecule has 1 aliphatic carbocycles. The first-order valence-corrected chi connectivity index (χ1v) is 7.86. The summed E-state index contributed by atoms with van der Waals surface area (Å²) in [4.78, 5) is 27.5. The Morgan fingerprint density at radius 3 is 2.86 bits per heavy atom. The first-order chi connectivity index (χ1) is 10.0. The van der Waals surface area contributed by atoms with Crippen molar-refractivity contribution in [2.24, 2.45) is 11.8 Å². The molecule has 1 aromatic rings. The molecule has 0 amide bonds. The Bertz CT molecular complexity index is 631. The Labute approximate surface area is 130 Å². The van der Waals surface area contributed by atoms with Gasteiger partial charge in [-0.05, 0) is 29.8 Å². The molecule has 1 fully saturated rings. The van der Waals surface area contributed by atoms with E-state index in [0.717, 1.165) is 0 Å². The van der Waals surface area contributed by atoms with E-state index < -0.39 is 17.4 Å². The van der Waals surface area contributed by atoms with Gasteiger partial charge in [0.05, 0.1) is 11.7 Å². The normalized spacial score (nSPS) is 26.8. The van der Waals surface area contributed by atoms with Gasteiger partial charge in [0.25, 0.3) is 5.56 Å². The summed E-state index contributed by atoms with van der Waals surface area (Å²) in [6.45, 7) is 1.85. The molecule has 4 atom stereocenters. The lowest BCUT2D eigenvalue weighted by Crippen LogP contribution is -2.50. The minimum absolute atomic E-state index is 0.00943. The van der Waals surface area contributed by atoms with E-state index in [1.807, 2.05) is 6.92 Å². The molecule has 0 radical (unpaired) electrons. The lowest BCUT2D eigenvalue weighted by atomic mass is 9.66. The molecule has 0 bridgehead atoms. The van der Waals surface area contributed by atoms with Crippen LogP contribution in [0.1, 0.15) is 31.4 Å². The van der Waals surface area contributed by atoms with Crippen molar-refractivity contribution in [1.29, 1.82) is 0 Å². The maximum Gasteiger partial charge on any atom is 0.328 e. The molecule has 2 rings (SSSR count). The highest BCUT2D eigenvalue weighted by Gasteiger charge is 2.45. The van der Waals surface area contributed by atoms with Gasteiger partial charge in [-0.3, -0.25) is 14.3 Å². The van der Waals surface area contributed by atoms with Gasteiger partial charge in [-0.2, -0.15) is 0 Å². The molecule has 0 aliphatic heterocycles. The number of nitrogens with one attached hydrogen (secondary N) is 1. The van der Waals surface area contributed by atoms with Crippen LogP contribution in [-0.4, -0.2) is 32.5 Å². The molecule has 3 N–H and O–H groups in total. The zero-order chi connectivity index (χ0) is 15.6. The summed E-state index contributed by atoms with van der Waals surface area (Å²) in [6, 6.07) is -0.205. The molecule has 116 valence electrons. The van der Waals surface area contributed by atoms with Gasteiger partial charge in [-0.15, -0.1) is 0 Å². The number of hydrogen-bond acceptors (Lipinski definition) is 4. The van der Waals surface area contributed by atoms with Gasteiger partial charge in [0.1, 0.15) is 0 Å². The molecule has 21 heavy (non-hydrogen) atoms. The van der Waals surface area contributed by atoms with Gasteiger partial charge in [-0.25, -0.2) is 4.79 Å². The predicted molar refractivity (Wildman–Crippen MR) is 83.3 cm³/mol. The molecule has 7 heteroatoms. The number of aliphatic hydroxyl groups excluding tert-OH is 2. The van der Waals surface area contributed by atoms with E-state index in [-0.39, 0.29) is 24.5 Å². The molecule has 0 aromatic carbocycles. The van der Waals surface area contributed by atoms with Crippen molar-refractivity contribution in [1.82, 2.24) is 9.55 Å². The van der Waals surface area contributed by atoms with E-state index >= 15 is 0 Å². The number of rotatable bonds is 5. The van der Waals surface area contributed by atoms with Crippen molar-refractivity contribution in [3.8, 4) is 0 Å². The largest absolute Gasteiger partial charge is 0.396 e. The highest BCUT2D eigenvalue weighted by atomic mass is 79.9. The number of aromatic nitrogens is 2. The average Bonchev–Trinajstić information content (AvgIpc) is 2.42. The summed E-state index contributed by atoms with van der Waals surface area (Å²) in [7, 11) is 0. The Kier molecular flexibility index (Phi) is 5.18. The zero-order valence-electron chi connectivity index (χ0n) is 11.7. The van der Waals surface area contributed by atoms with E-state index in [0.29, 0.717) is 18.4 Å². The lowest BCUT2D eigenvalue weighted by molar-refractivity contribution is -0.0581. The van der Waals surface area contributed by atoms with Crippen LogP contribution in [0.5, 0.6) is 0 Å². The van der Waals surface area contributed by atoms with E-state index in [1.165, 1.54) is 10.8 Å². The van der Waals surface area contributed by atoms with Gasteiger partial charge in [0.2, 0.25) is 0 Å². The van der Waals surface area contributed by atoms with Crippen LogP contribution in [0.25, 0.3) is 6.08 Å². The molecule has 0 spiro atoms. The Morgan fingerprint density at radius 1 is 1.57 bits per heavy atom. The third-order valence-electron chi connectivity index (χ3n) is 4.23. The highest BCUT2D eigenvalue weighted by molar-refractivity contribution is 9.11. The summed E-state index contributed by atoms with van der Waals surface area (Å²) in [5.74, 6) is -0.191. The number of halogens is 1. The van der Waals surface area contributed by atoms with Crippen molar-refractivity contribution < 1.29 is 10.2 Å². The van der Waals surface area contributed by atoms with Crippen molar-refractivity contribution >= 4 is 22.0 Å². The Balaban J connectivity index is 2.40. The molecule has 1 saturated carbocycles. The molecule has 1 aromatic heterocycles. The second kappa shape index (κ2) is 6.72. The van der Waals surface area contributed by atoms with E-state index in [9.17, 15) is 19.8 Å². The highest BCUT2D eigenvalue weighted by Crippen LogP contribution is 2.45. The average molecular weight is 359 g/mol. The number of aliphatic hydroxyl groups is 2. The zero-order valence-corrected chi connectivity index (χ0v) is 13.3. The van der Waals surface area contributed by atoms with Gasteiger partial charge in [0, 0.05) is 24.8 Å². The SMILES string of the molecule is CCC(O)C1C(CO)CC1n1cc(C=CBr)c(=O)[nH]c1=O. The molecular formula is C14H19BrN2O4. The van der Waals surface area contributed by atoms with Crippen LogP contribution < -0.4 is 11.2 Å². The van der Waals surface area contributed by atoms with E-state index in [4.69, 9.17) is 0 Å². The number of H-pyrrole nitrogens is 1. The summed E-state index contributed by atoms with van der Waals surface area (Å²) >= 11 is 3.10. The fourth-order valence-corrected chi connectivity index (χ4v) is 3.30. The van der Waals surface area contributed by atoms with Crippen molar-refractivity contribution in [3.63, 3.8) is 0 Å². The molecule has 1 aliphatic rings. The number of nitrogens with zero attached hydrogens (tertiary/aromatic N) is 1. The van der Waals surface area contributed by atoms with Crippen molar-refractivity contribution in [3.05, 3.63) is 37.6 Å². The first-order valence-electron chi connectivity index (χ1n) is 6.94. The molecule has 1 heterocycles.